The lowest BCUT2D eigenvalue weighted by Crippen LogP contribution is -2.80. The molecule has 0 bridgehead atoms. The molecule has 8 aliphatic heterocycles. The van der Waals surface area contributed by atoms with Gasteiger partial charge in [0.15, 0.2) is 0 Å². The molecule has 0 radical (unpaired) electrons. The second kappa shape index (κ2) is 5.07. The van der Waals surface area contributed by atoms with Crippen LogP contribution in [0, 0.1) is 0 Å². The van der Waals surface area contributed by atoms with Gasteiger partial charge in [0.25, 0.3) is 23.3 Å². The standard InChI is InChI=1S/C27H14N8/c1-2-8-16-15(7-1)23-28-19-11-5-13-21-30-25-17-9-3-4-10-18(17)26-31-22-14-6-12-20-29-24(16)34(23)27(32(19)21,33(20)22)35(25)26/h1-14H/q+2. The molecule has 0 N–H and O–H groups in total. The summed E-state index contributed by atoms with van der Waals surface area (Å²) in [5, 5.41) is 0. The van der Waals surface area contributed by atoms with Gasteiger partial charge in [-0.15, -0.1) is 9.15 Å². The van der Waals surface area contributed by atoms with Gasteiger partial charge in [-0.25, -0.2) is 0 Å². The second-order valence-corrected chi connectivity index (χ2v) is 9.26. The average molecular weight is 450 g/mol. The van der Waals surface area contributed by atoms with E-state index >= 15 is 0 Å². The van der Waals surface area contributed by atoms with Crippen molar-refractivity contribution < 1.29 is 9.15 Å². The summed E-state index contributed by atoms with van der Waals surface area (Å²) in [5.41, 5.74) is 4.32. The lowest BCUT2D eigenvalue weighted by atomic mass is 10.1. The first-order valence-corrected chi connectivity index (χ1v) is 11.6. The van der Waals surface area contributed by atoms with E-state index in [2.05, 4.69) is 91.8 Å². The quantitative estimate of drug-likeness (QED) is 0.579. The lowest BCUT2D eigenvalue weighted by molar-refractivity contribution is -0.794. The number of allylic oxidation sites excluding steroid dienone is 4. The Morgan fingerprint density at radius 3 is 1.51 bits per heavy atom. The van der Waals surface area contributed by atoms with Gasteiger partial charge >= 0.3 is 5.91 Å². The molecule has 0 fully saturated rings. The highest BCUT2D eigenvalue weighted by Crippen LogP contribution is 2.49. The highest BCUT2D eigenvalue weighted by atomic mass is 15.8. The van der Waals surface area contributed by atoms with Crippen molar-refractivity contribution in [1.29, 1.82) is 0 Å². The van der Waals surface area contributed by atoms with Crippen molar-refractivity contribution in [3.05, 3.63) is 119 Å². The minimum absolute atomic E-state index is 0.847. The number of aliphatic imine (C=N–C) groups is 4. The monoisotopic (exact) mass is 450 g/mol. The Morgan fingerprint density at radius 1 is 0.571 bits per heavy atom. The van der Waals surface area contributed by atoms with Crippen LogP contribution in [0.4, 0.5) is 0 Å². The van der Waals surface area contributed by atoms with Crippen molar-refractivity contribution in [2.45, 2.75) is 5.91 Å². The van der Waals surface area contributed by atoms with E-state index in [1.807, 2.05) is 12.2 Å². The van der Waals surface area contributed by atoms with Crippen LogP contribution in [-0.2, 0) is 0 Å². The Labute approximate surface area is 198 Å². The molecule has 0 amide bonds. The van der Waals surface area contributed by atoms with E-state index in [1.165, 1.54) is 0 Å². The molecule has 0 saturated heterocycles. The third-order valence-electron chi connectivity index (χ3n) is 7.64. The zero-order valence-electron chi connectivity index (χ0n) is 18.2. The van der Waals surface area contributed by atoms with Crippen molar-refractivity contribution in [2.75, 3.05) is 0 Å². The number of benzene rings is 2. The smallest absolute Gasteiger partial charge is 0.193 e. The molecule has 0 unspecified atom stereocenters. The van der Waals surface area contributed by atoms with Gasteiger partial charge in [0.2, 0.25) is 23.3 Å². The Kier molecular flexibility index (Phi) is 2.41. The summed E-state index contributed by atoms with van der Waals surface area (Å²) in [6, 6.07) is 16.8. The van der Waals surface area contributed by atoms with E-state index in [9.17, 15) is 0 Å². The summed E-state index contributed by atoms with van der Waals surface area (Å²) < 4.78 is 4.56. The van der Waals surface area contributed by atoms with Crippen LogP contribution in [0.1, 0.15) is 22.3 Å². The van der Waals surface area contributed by atoms with E-state index in [0.717, 1.165) is 68.9 Å². The molecule has 1 spiro atoms. The molecule has 0 atom stereocenters. The fourth-order valence-corrected chi connectivity index (χ4v) is 6.41. The zero-order chi connectivity index (χ0) is 22.5. The van der Waals surface area contributed by atoms with E-state index in [4.69, 9.17) is 20.0 Å². The van der Waals surface area contributed by atoms with Crippen LogP contribution in [0.15, 0.2) is 117 Å². The van der Waals surface area contributed by atoms with Crippen LogP contribution >= 0.6 is 0 Å². The Balaban J connectivity index is 1.46. The summed E-state index contributed by atoms with van der Waals surface area (Å²) >= 11 is 0. The van der Waals surface area contributed by atoms with E-state index in [-0.39, 0.29) is 0 Å². The summed E-state index contributed by atoms with van der Waals surface area (Å²) in [6.45, 7) is 0. The van der Waals surface area contributed by atoms with Gasteiger partial charge < -0.3 is 0 Å². The molecule has 0 aliphatic carbocycles. The maximum atomic E-state index is 5.18. The van der Waals surface area contributed by atoms with Crippen molar-refractivity contribution in [2.24, 2.45) is 20.0 Å². The second-order valence-electron chi connectivity index (χ2n) is 9.26. The molecule has 8 aliphatic rings. The molecule has 8 heterocycles. The highest BCUT2D eigenvalue weighted by molar-refractivity contribution is 6.24. The Morgan fingerprint density at radius 2 is 1.03 bits per heavy atom. The van der Waals surface area contributed by atoms with E-state index in [1.54, 1.807) is 0 Å². The van der Waals surface area contributed by atoms with Crippen LogP contribution in [0.3, 0.4) is 0 Å². The van der Waals surface area contributed by atoms with Crippen molar-refractivity contribution in [1.82, 2.24) is 9.80 Å². The van der Waals surface area contributed by atoms with Crippen LogP contribution in [-0.4, -0.2) is 59.9 Å². The number of nitrogens with zero attached hydrogens (tertiary/aromatic N) is 8. The first-order valence-electron chi connectivity index (χ1n) is 11.6. The summed E-state index contributed by atoms with van der Waals surface area (Å²) in [6.07, 6.45) is 12.3. The minimum Gasteiger partial charge on any atom is -0.193 e. The third kappa shape index (κ3) is 1.55. The molecule has 2 aromatic carbocycles. The molecule has 0 saturated carbocycles. The Hall–Kier alpha value is -4.98. The first-order chi connectivity index (χ1) is 17.4. The lowest BCUT2D eigenvalue weighted by Gasteiger charge is -2.52. The van der Waals surface area contributed by atoms with Gasteiger partial charge in [-0.1, -0.05) is 56.4 Å². The molecule has 8 nitrogen and oxygen atoms in total. The molecule has 0 aromatic heterocycles. The van der Waals surface area contributed by atoms with Gasteiger partial charge in [0.1, 0.15) is 0 Å². The normalized spacial score (nSPS) is 23.5. The van der Waals surface area contributed by atoms with Gasteiger partial charge in [-0.3, -0.25) is 0 Å². The number of rotatable bonds is 0. The molecule has 2 aromatic rings. The van der Waals surface area contributed by atoms with Gasteiger partial charge in [-0.2, -0.15) is 9.80 Å². The van der Waals surface area contributed by atoms with Crippen molar-refractivity contribution in [3.63, 3.8) is 0 Å². The summed E-state index contributed by atoms with van der Waals surface area (Å²) in [5.74, 6) is 6.09. The zero-order valence-corrected chi connectivity index (χ0v) is 18.2. The fourth-order valence-electron chi connectivity index (χ4n) is 6.41. The predicted octanol–water partition coefficient (Wildman–Crippen LogP) is 2.31. The maximum Gasteiger partial charge on any atom is 0.404 e. The van der Waals surface area contributed by atoms with Crippen LogP contribution < -0.4 is 0 Å². The van der Waals surface area contributed by atoms with Crippen LogP contribution in [0.2, 0.25) is 0 Å². The molecule has 35 heavy (non-hydrogen) atoms. The molecule has 8 heteroatoms. The molecule has 10 rings (SSSR count). The van der Waals surface area contributed by atoms with E-state index < -0.39 is 5.91 Å². The van der Waals surface area contributed by atoms with Gasteiger partial charge in [0.05, 0.1) is 22.3 Å². The van der Waals surface area contributed by atoms with Gasteiger partial charge in [0, 0.05) is 0 Å². The highest BCUT2D eigenvalue weighted by Gasteiger charge is 2.74. The fraction of sp³-hybridized carbons (Fsp3) is 0.0370. The van der Waals surface area contributed by atoms with Crippen LogP contribution in [0.5, 0.6) is 0 Å². The van der Waals surface area contributed by atoms with E-state index in [0.29, 0.717) is 0 Å². The first kappa shape index (κ1) is 16.6. The number of amidine groups is 6. The number of hydrogen-bond donors (Lipinski definition) is 0. The SMILES string of the molecule is C1=CC2=NC3=[N+]4C(=NC5=CC=CC6=NC7=[N+]8C(=NC(=C1)N2C48N56)c1ccccc17)c1ccccc13. The topological polar surface area (TPSA) is 61.9 Å². The van der Waals surface area contributed by atoms with Crippen molar-refractivity contribution in [3.8, 4) is 0 Å². The Bertz CT molecular complexity index is 1720. The minimum atomic E-state index is -0.863. The number of fused-ring (bicyclic) bond motifs is 6. The van der Waals surface area contributed by atoms with Crippen LogP contribution in [0.25, 0.3) is 0 Å². The summed E-state index contributed by atoms with van der Waals surface area (Å²) in [4.78, 5) is 25.2. The van der Waals surface area contributed by atoms with Crippen molar-refractivity contribution >= 4 is 35.0 Å². The average Bonchev–Trinajstić information content (AvgIpc) is 3.39. The molecular weight excluding hydrogens is 436 g/mol. The largest absolute Gasteiger partial charge is 0.404 e. The molecular formula is C27H14N8+2. The maximum absolute atomic E-state index is 5.18. The van der Waals surface area contributed by atoms with Gasteiger partial charge in [-0.05, 0) is 48.6 Å². The summed E-state index contributed by atoms with van der Waals surface area (Å²) in [7, 11) is 0. The third-order valence-corrected chi connectivity index (χ3v) is 7.64. The predicted molar refractivity (Wildman–Crippen MR) is 130 cm³/mol. The number of hydrogen-bond acceptors (Lipinski definition) is 6. The molecule has 160 valence electrons.